The number of hydrogen-bond donors (Lipinski definition) is 0. The minimum absolute atomic E-state index is 0.0952. The third-order valence-electron chi connectivity index (χ3n) is 2.63. The summed E-state index contributed by atoms with van der Waals surface area (Å²) in [4.78, 5) is 22.4. The predicted octanol–water partition coefficient (Wildman–Crippen LogP) is 3.04. The summed E-state index contributed by atoms with van der Waals surface area (Å²) in [6.45, 7) is 6.96. The SMILES string of the molecule is Cc1nn(C(=O)OC(C)(C)C)c2cc([N+](=O)[O-])ccc12. The van der Waals surface area contributed by atoms with Gasteiger partial charge < -0.3 is 4.74 Å². The quantitative estimate of drug-likeness (QED) is 0.590. The fourth-order valence-corrected chi connectivity index (χ4v) is 1.82. The van der Waals surface area contributed by atoms with Crippen molar-refractivity contribution < 1.29 is 14.5 Å². The Morgan fingerprint density at radius 2 is 2.05 bits per heavy atom. The van der Waals surface area contributed by atoms with E-state index in [1.807, 2.05) is 0 Å². The molecule has 0 atom stereocenters. The first kappa shape index (κ1) is 14.0. The second-order valence-corrected chi connectivity index (χ2v) is 5.44. The van der Waals surface area contributed by atoms with Gasteiger partial charge in [0.25, 0.3) is 5.69 Å². The van der Waals surface area contributed by atoms with Crippen molar-refractivity contribution >= 4 is 22.7 Å². The highest BCUT2D eigenvalue weighted by Crippen LogP contribution is 2.24. The van der Waals surface area contributed by atoms with Crippen LogP contribution in [-0.2, 0) is 4.74 Å². The average Bonchev–Trinajstić information content (AvgIpc) is 2.64. The number of nitro groups is 1. The number of rotatable bonds is 1. The van der Waals surface area contributed by atoms with E-state index in [2.05, 4.69) is 5.10 Å². The number of nitrogens with zero attached hydrogens (tertiary/aromatic N) is 3. The summed E-state index contributed by atoms with van der Waals surface area (Å²) < 4.78 is 6.30. The minimum atomic E-state index is -0.663. The van der Waals surface area contributed by atoms with Gasteiger partial charge in [0.1, 0.15) is 5.60 Å². The molecule has 0 fully saturated rings. The molecule has 0 radical (unpaired) electrons. The van der Waals surface area contributed by atoms with Crippen LogP contribution in [0.4, 0.5) is 10.5 Å². The first-order valence-corrected chi connectivity index (χ1v) is 6.06. The molecule has 106 valence electrons. The van der Waals surface area contributed by atoms with Crippen molar-refractivity contribution in [3.63, 3.8) is 0 Å². The summed E-state index contributed by atoms with van der Waals surface area (Å²) in [5.41, 5.74) is 0.221. The van der Waals surface area contributed by atoms with Gasteiger partial charge >= 0.3 is 6.09 Å². The molecule has 7 nitrogen and oxygen atoms in total. The van der Waals surface area contributed by atoms with Crippen LogP contribution >= 0.6 is 0 Å². The van der Waals surface area contributed by atoms with Crippen LogP contribution in [-0.4, -0.2) is 26.4 Å². The topological polar surface area (TPSA) is 87.3 Å². The van der Waals surface area contributed by atoms with Crippen molar-refractivity contribution in [2.45, 2.75) is 33.3 Å². The molecule has 0 bridgehead atoms. The number of aromatic nitrogens is 2. The molecule has 0 amide bonds. The van der Waals surface area contributed by atoms with Crippen molar-refractivity contribution in [1.82, 2.24) is 9.78 Å². The molecule has 0 unspecified atom stereocenters. The van der Waals surface area contributed by atoms with E-state index in [0.29, 0.717) is 16.6 Å². The molecule has 0 saturated carbocycles. The van der Waals surface area contributed by atoms with Crippen LogP contribution in [0.15, 0.2) is 18.2 Å². The number of nitro benzene ring substituents is 1. The predicted molar refractivity (Wildman–Crippen MR) is 72.8 cm³/mol. The zero-order valence-corrected chi connectivity index (χ0v) is 11.7. The highest BCUT2D eigenvalue weighted by molar-refractivity contribution is 5.91. The van der Waals surface area contributed by atoms with Gasteiger partial charge in [-0.25, -0.2) is 4.79 Å². The highest BCUT2D eigenvalue weighted by atomic mass is 16.6. The van der Waals surface area contributed by atoms with Crippen LogP contribution < -0.4 is 0 Å². The molecule has 0 N–H and O–H groups in total. The average molecular weight is 277 g/mol. The van der Waals surface area contributed by atoms with Crippen molar-refractivity contribution in [3.8, 4) is 0 Å². The molecule has 0 aliphatic carbocycles. The van der Waals surface area contributed by atoms with E-state index in [1.54, 1.807) is 33.8 Å². The summed E-state index contributed by atoms with van der Waals surface area (Å²) in [5.74, 6) is 0. The molecule has 0 saturated heterocycles. The molecule has 1 aromatic heterocycles. The van der Waals surface area contributed by atoms with Gasteiger partial charge in [0, 0.05) is 17.5 Å². The Bertz CT molecular complexity index is 697. The van der Waals surface area contributed by atoms with E-state index >= 15 is 0 Å². The van der Waals surface area contributed by atoms with Gasteiger partial charge in [0.15, 0.2) is 0 Å². The number of non-ortho nitro benzene ring substituents is 1. The summed E-state index contributed by atoms with van der Waals surface area (Å²) in [5, 5.41) is 15.6. The highest BCUT2D eigenvalue weighted by Gasteiger charge is 2.22. The Morgan fingerprint density at radius 1 is 1.40 bits per heavy atom. The maximum Gasteiger partial charge on any atom is 0.435 e. The fraction of sp³-hybridized carbons (Fsp3) is 0.385. The van der Waals surface area contributed by atoms with Gasteiger partial charge in [-0.3, -0.25) is 10.1 Å². The lowest BCUT2D eigenvalue weighted by molar-refractivity contribution is -0.384. The Kier molecular flexibility index (Phi) is 3.21. The number of benzene rings is 1. The molecule has 20 heavy (non-hydrogen) atoms. The number of ether oxygens (including phenoxy) is 1. The van der Waals surface area contributed by atoms with Gasteiger partial charge in [-0.1, -0.05) is 0 Å². The largest absolute Gasteiger partial charge is 0.442 e. The second-order valence-electron chi connectivity index (χ2n) is 5.44. The Hall–Kier alpha value is -2.44. The minimum Gasteiger partial charge on any atom is -0.442 e. The molecule has 1 heterocycles. The number of aryl methyl sites for hydroxylation is 1. The Labute approximate surface area is 115 Å². The molecule has 1 aromatic carbocycles. The molecule has 0 spiro atoms. The maximum atomic E-state index is 12.1. The van der Waals surface area contributed by atoms with Crippen LogP contribution in [0.2, 0.25) is 0 Å². The summed E-state index contributed by atoms with van der Waals surface area (Å²) in [6.07, 6.45) is -0.656. The lowest BCUT2D eigenvalue weighted by atomic mass is 10.2. The number of hydrogen-bond acceptors (Lipinski definition) is 5. The third kappa shape index (κ3) is 2.61. The summed E-state index contributed by atoms with van der Waals surface area (Å²) >= 11 is 0. The lowest BCUT2D eigenvalue weighted by Gasteiger charge is -2.19. The van der Waals surface area contributed by atoms with Crippen LogP contribution in [0.1, 0.15) is 26.5 Å². The van der Waals surface area contributed by atoms with Gasteiger partial charge in [0.05, 0.1) is 16.1 Å². The monoisotopic (exact) mass is 277 g/mol. The molecule has 0 aliphatic heterocycles. The zero-order valence-electron chi connectivity index (χ0n) is 11.7. The van der Waals surface area contributed by atoms with Crippen molar-refractivity contribution in [1.29, 1.82) is 0 Å². The summed E-state index contributed by atoms with van der Waals surface area (Å²) in [6, 6.07) is 4.28. The maximum absolute atomic E-state index is 12.1. The van der Waals surface area contributed by atoms with Crippen molar-refractivity contribution in [3.05, 3.63) is 34.0 Å². The van der Waals surface area contributed by atoms with E-state index in [9.17, 15) is 14.9 Å². The smallest absolute Gasteiger partial charge is 0.435 e. The van der Waals surface area contributed by atoms with E-state index < -0.39 is 16.6 Å². The first-order chi connectivity index (χ1) is 9.19. The van der Waals surface area contributed by atoms with Crippen LogP contribution in [0.25, 0.3) is 10.9 Å². The number of fused-ring (bicyclic) bond motifs is 1. The van der Waals surface area contributed by atoms with Crippen molar-refractivity contribution in [2.24, 2.45) is 0 Å². The van der Waals surface area contributed by atoms with Crippen LogP contribution in [0, 0.1) is 17.0 Å². The molecular weight excluding hydrogens is 262 g/mol. The summed E-state index contributed by atoms with van der Waals surface area (Å²) in [7, 11) is 0. The van der Waals surface area contributed by atoms with E-state index in [-0.39, 0.29) is 5.69 Å². The van der Waals surface area contributed by atoms with Gasteiger partial charge in [-0.05, 0) is 33.8 Å². The van der Waals surface area contributed by atoms with Gasteiger partial charge in [-0.2, -0.15) is 9.78 Å². The van der Waals surface area contributed by atoms with Crippen molar-refractivity contribution in [2.75, 3.05) is 0 Å². The molecule has 7 heteroatoms. The lowest BCUT2D eigenvalue weighted by Crippen LogP contribution is -2.27. The van der Waals surface area contributed by atoms with E-state index in [0.717, 1.165) is 4.68 Å². The molecular formula is C13H15N3O4. The zero-order chi connectivity index (χ0) is 15.1. The van der Waals surface area contributed by atoms with Crippen LogP contribution in [0.5, 0.6) is 0 Å². The third-order valence-corrected chi connectivity index (χ3v) is 2.63. The van der Waals surface area contributed by atoms with E-state index in [4.69, 9.17) is 4.74 Å². The molecule has 2 rings (SSSR count). The fourth-order valence-electron chi connectivity index (χ4n) is 1.82. The molecule has 0 aliphatic rings. The van der Waals surface area contributed by atoms with Crippen LogP contribution in [0.3, 0.4) is 0 Å². The normalized spacial score (nSPS) is 11.6. The van der Waals surface area contributed by atoms with E-state index in [1.165, 1.54) is 12.1 Å². The Balaban J connectivity index is 2.55. The number of carbonyl (C=O) groups is 1. The first-order valence-electron chi connectivity index (χ1n) is 6.06. The number of carbonyl (C=O) groups excluding carboxylic acids is 1. The van der Waals surface area contributed by atoms with Gasteiger partial charge in [-0.15, -0.1) is 0 Å². The van der Waals surface area contributed by atoms with Gasteiger partial charge in [0.2, 0.25) is 0 Å². The molecule has 2 aromatic rings. The standard InChI is InChI=1S/C13H15N3O4/c1-8-10-6-5-9(16(18)19)7-11(10)15(14-8)12(17)20-13(2,3)4/h5-7H,1-4H3. The second kappa shape index (κ2) is 4.59. The Morgan fingerprint density at radius 3 is 2.60 bits per heavy atom.